The fourth-order valence-corrected chi connectivity index (χ4v) is 3.25. The number of hydrogen-bond donors (Lipinski definition) is 1. The minimum atomic E-state index is -0.0561. The summed E-state index contributed by atoms with van der Waals surface area (Å²) >= 11 is 0. The van der Waals surface area contributed by atoms with Crippen molar-refractivity contribution in [3.8, 4) is 0 Å². The van der Waals surface area contributed by atoms with E-state index in [9.17, 15) is 0 Å². The first-order chi connectivity index (χ1) is 8.39. The Hall–Kier alpha value is -0.120. The van der Waals surface area contributed by atoms with Crippen molar-refractivity contribution in [1.82, 2.24) is 4.90 Å². The third kappa shape index (κ3) is 3.69. The molecule has 0 bridgehead atoms. The monoisotopic (exact) mass is 256 g/mol. The van der Waals surface area contributed by atoms with E-state index in [0.717, 1.165) is 26.1 Å². The number of nitrogens with zero attached hydrogens (tertiary/aromatic N) is 1. The minimum absolute atomic E-state index is 0.0561. The molecule has 1 rings (SSSR count). The van der Waals surface area contributed by atoms with E-state index in [1.165, 1.54) is 19.3 Å². The van der Waals surface area contributed by atoms with Gasteiger partial charge < -0.3 is 10.5 Å². The van der Waals surface area contributed by atoms with Crippen molar-refractivity contribution < 1.29 is 4.74 Å². The van der Waals surface area contributed by atoms with Gasteiger partial charge in [0.1, 0.15) is 0 Å². The summed E-state index contributed by atoms with van der Waals surface area (Å²) in [7, 11) is 0. The molecule has 1 aliphatic heterocycles. The van der Waals surface area contributed by atoms with Crippen LogP contribution in [0.25, 0.3) is 0 Å². The van der Waals surface area contributed by atoms with Gasteiger partial charge in [0.2, 0.25) is 0 Å². The average Bonchev–Trinajstić information content (AvgIpc) is 2.28. The van der Waals surface area contributed by atoms with Gasteiger partial charge in [-0.1, -0.05) is 26.7 Å². The fraction of sp³-hybridized carbons (Fsp3) is 1.00. The van der Waals surface area contributed by atoms with Gasteiger partial charge in [0.15, 0.2) is 0 Å². The maximum absolute atomic E-state index is 6.14. The Kier molecular flexibility index (Phi) is 5.63. The summed E-state index contributed by atoms with van der Waals surface area (Å²) in [4.78, 5) is 2.59. The van der Waals surface area contributed by atoms with E-state index in [2.05, 4.69) is 39.5 Å². The molecule has 1 aliphatic rings. The van der Waals surface area contributed by atoms with Crippen LogP contribution in [0.4, 0.5) is 0 Å². The van der Waals surface area contributed by atoms with Crippen LogP contribution in [-0.4, -0.2) is 41.8 Å². The van der Waals surface area contributed by atoms with Crippen molar-refractivity contribution in [2.45, 2.75) is 77.5 Å². The number of nitrogens with two attached hydrogens (primary N) is 1. The Morgan fingerprint density at radius 2 is 2.06 bits per heavy atom. The van der Waals surface area contributed by atoms with E-state index >= 15 is 0 Å². The molecule has 1 saturated heterocycles. The molecule has 0 aliphatic carbocycles. The summed E-state index contributed by atoms with van der Waals surface area (Å²) in [5.41, 5.74) is 6.26. The number of morpholine rings is 1. The summed E-state index contributed by atoms with van der Waals surface area (Å²) in [6.07, 6.45) is 5.14. The molecule has 3 nitrogen and oxygen atoms in total. The highest BCUT2D eigenvalue weighted by atomic mass is 16.5. The lowest BCUT2D eigenvalue weighted by atomic mass is 9.85. The maximum atomic E-state index is 6.14. The van der Waals surface area contributed by atoms with Crippen LogP contribution >= 0.6 is 0 Å². The van der Waals surface area contributed by atoms with Crippen molar-refractivity contribution in [3.63, 3.8) is 0 Å². The van der Waals surface area contributed by atoms with E-state index in [1.807, 2.05) is 0 Å². The first-order valence-corrected chi connectivity index (χ1v) is 7.52. The van der Waals surface area contributed by atoms with Crippen LogP contribution in [0.2, 0.25) is 0 Å². The highest BCUT2D eigenvalue weighted by molar-refractivity contribution is 4.96. The van der Waals surface area contributed by atoms with Crippen molar-refractivity contribution in [2.24, 2.45) is 5.73 Å². The van der Waals surface area contributed by atoms with Gasteiger partial charge in [0.05, 0.1) is 11.7 Å². The molecule has 2 N–H and O–H groups in total. The van der Waals surface area contributed by atoms with Crippen LogP contribution in [-0.2, 0) is 4.74 Å². The van der Waals surface area contributed by atoms with Crippen molar-refractivity contribution >= 4 is 0 Å². The molecule has 1 fully saturated rings. The standard InChI is InChI=1S/C15H32N2O/c1-6-8-9-15(7-2,11-16)17-10-13(3)18-14(4,5)12-17/h13H,6-12,16H2,1-5H3. The molecule has 1 heterocycles. The zero-order chi connectivity index (χ0) is 13.8. The van der Waals surface area contributed by atoms with Gasteiger partial charge in [0, 0.05) is 25.2 Å². The maximum Gasteiger partial charge on any atom is 0.0757 e. The van der Waals surface area contributed by atoms with Crippen molar-refractivity contribution in [3.05, 3.63) is 0 Å². The van der Waals surface area contributed by atoms with E-state index < -0.39 is 0 Å². The smallest absolute Gasteiger partial charge is 0.0757 e. The summed E-state index contributed by atoms with van der Waals surface area (Å²) in [6.45, 7) is 13.8. The van der Waals surface area contributed by atoms with Crippen LogP contribution in [0.1, 0.15) is 60.3 Å². The predicted octanol–water partition coefficient (Wildman–Crippen LogP) is 2.78. The highest BCUT2D eigenvalue weighted by Gasteiger charge is 2.41. The highest BCUT2D eigenvalue weighted by Crippen LogP contribution is 2.32. The SMILES string of the molecule is CCCCC(CC)(CN)N1CC(C)OC(C)(C)C1. The number of ether oxygens (including phenoxy) is 1. The summed E-state index contributed by atoms with van der Waals surface area (Å²) in [5, 5.41) is 0. The molecule has 18 heavy (non-hydrogen) atoms. The molecule has 0 radical (unpaired) electrons. The molecule has 2 unspecified atom stereocenters. The second-order valence-electron chi connectivity index (χ2n) is 6.45. The Labute approximate surface area is 113 Å². The van der Waals surface area contributed by atoms with E-state index in [1.54, 1.807) is 0 Å². The molecule has 108 valence electrons. The Bertz CT molecular complexity index is 249. The number of unbranched alkanes of at least 4 members (excludes halogenated alkanes) is 1. The Morgan fingerprint density at radius 1 is 1.39 bits per heavy atom. The molecule has 0 spiro atoms. The van der Waals surface area contributed by atoms with Gasteiger partial charge in [-0.2, -0.15) is 0 Å². The lowest BCUT2D eigenvalue weighted by Crippen LogP contribution is -2.63. The van der Waals surface area contributed by atoms with Gasteiger partial charge in [-0.15, -0.1) is 0 Å². The van der Waals surface area contributed by atoms with E-state index in [4.69, 9.17) is 10.5 Å². The molecular weight excluding hydrogens is 224 g/mol. The quantitative estimate of drug-likeness (QED) is 0.794. The van der Waals surface area contributed by atoms with Gasteiger partial charge in [-0.05, 0) is 33.6 Å². The Morgan fingerprint density at radius 3 is 2.50 bits per heavy atom. The molecule has 0 saturated carbocycles. The molecule has 0 aromatic carbocycles. The average molecular weight is 256 g/mol. The molecular formula is C15H32N2O. The van der Waals surface area contributed by atoms with Crippen LogP contribution in [0, 0.1) is 0 Å². The third-order valence-corrected chi connectivity index (χ3v) is 4.27. The zero-order valence-electron chi connectivity index (χ0n) is 13.0. The Balaban J connectivity index is 2.83. The zero-order valence-corrected chi connectivity index (χ0v) is 13.0. The largest absolute Gasteiger partial charge is 0.370 e. The lowest BCUT2D eigenvalue weighted by Gasteiger charge is -2.51. The predicted molar refractivity (Wildman–Crippen MR) is 77.8 cm³/mol. The molecule has 0 aromatic heterocycles. The summed E-state index contributed by atoms with van der Waals surface area (Å²) in [6, 6.07) is 0. The second kappa shape index (κ2) is 6.36. The first-order valence-electron chi connectivity index (χ1n) is 7.52. The molecule has 0 amide bonds. The van der Waals surface area contributed by atoms with Crippen LogP contribution < -0.4 is 5.73 Å². The topological polar surface area (TPSA) is 38.5 Å². The van der Waals surface area contributed by atoms with Crippen LogP contribution in [0.3, 0.4) is 0 Å². The lowest BCUT2D eigenvalue weighted by molar-refractivity contribution is -0.154. The van der Waals surface area contributed by atoms with Gasteiger partial charge >= 0.3 is 0 Å². The molecule has 3 heteroatoms. The third-order valence-electron chi connectivity index (χ3n) is 4.27. The van der Waals surface area contributed by atoms with Crippen LogP contribution in [0.15, 0.2) is 0 Å². The second-order valence-corrected chi connectivity index (χ2v) is 6.45. The number of rotatable bonds is 6. The van der Waals surface area contributed by atoms with Gasteiger partial charge in [0.25, 0.3) is 0 Å². The summed E-state index contributed by atoms with van der Waals surface area (Å²) in [5.74, 6) is 0. The van der Waals surface area contributed by atoms with Crippen LogP contribution in [0.5, 0.6) is 0 Å². The minimum Gasteiger partial charge on any atom is -0.370 e. The van der Waals surface area contributed by atoms with Gasteiger partial charge in [-0.3, -0.25) is 4.90 Å². The number of hydrogen-bond acceptors (Lipinski definition) is 3. The molecule has 2 atom stereocenters. The van der Waals surface area contributed by atoms with Crippen molar-refractivity contribution in [2.75, 3.05) is 19.6 Å². The fourth-order valence-electron chi connectivity index (χ4n) is 3.25. The summed E-state index contributed by atoms with van der Waals surface area (Å²) < 4.78 is 6.01. The van der Waals surface area contributed by atoms with E-state index in [0.29, 0.717) is 6.10 Å². The van der Waals surface area contributed by atoms with E-state index in [-0.39, 0.29) is 11.1 Å². The first kappa shape index (κ1) is 15.9. The molecule has 0 aromatic rings. The van der Waals surface area contributed by atoms with Crippen molar-refractivity contribution in [1.29, 1.82) is 0 Å². The normalized spacial score (nSPS) is 28.0. The van der Waals surface area contributed by atoms with Gasteiger partial charge in [-0.25, -0.2) is 0 Å².